The van der Waals surface area contributed by atoms with Crippen molar-refractivity contribution < 1.29 is 23.9 Å². The van der Waals surface area contributed by atoms with E-state index in [1.165, 1.54) is 6.08 Å². The number of imide groups is 2. The fraction of sp³-hybridized carbons (Fsp3) is 0.0741. The molecule has 1 fully saturated rings. The Balaban J connectivity index is 1.51. The normalized spacial score (nSPS) is 14.6. The molecule has 1 N–H and O–H groups in total. The molecular weight excluding hydrogens is 503 g/mol. The summed E-state index contributed by atoms with van der Waals surface area (Å²) in [6.07, 6.45) is 3.01. The van der Waals surface area contributed by atoms with Crippen molar-refractivity contribution in [1.82, 2.24) is 5.32 Å². The van der Waals surface area contributed by atoms with Gasteiger partial charge in [-0.05, 0) is 60.2 Å². The summed E-state index contributed by atoms with van der Waals surface area (Å²) in [6, 6.07) is 17.5. The first-order valence-electron chi connectivity index (χ1n) is 10.8. The minimum absolute atomic E-state index is 0.187. The van der Waals surface area contributed by atoms with E-state index < -0.39 is 17.8 Å². The average Bonchev–Trinajstić information content (AvgIpc) is 2.86. The van der Waals surface area contributed by atoms with Crippen molar-refractivity contribution in [2.75, 3.05) is 11.5 Å². The number of benzene rings is 3. The number of hydrogen-bond acceptors (Lipinski definition) is 5. The van der Waals surface area contributed by atoms with Crippen molar-refractivity contribution in [2.45, 2.75) is 6.61 Å². The van der Waals surface area contributed by atoms with E-state index in [0.717, 1.165) is 10.5 Å². The standard InChI is InChI=1S/C27H20Cl2N2O5/c1-2-12-35-22-5-3-4-17(13-22)14-23-25(32)30-27(34)31(26(23)33)20-8-10-21(11-9-20)36-16-18-6-7-19(28)15-24(18)29/h2-11,13-15H,1,12,16H2,(H,30,32,34)/b23-14-. The maximum Gasteiger partial charge on any atom is 0.335 e. The quantitative estimate of drug-likeness (QED) is 0.229. The lowest BCUT2D eigenvalue weighted by Crippen LogP contribution is -2.54. The molecule has 0 spiro atoms. The molecule has 0 aliphatic carbocycles. The van der Waals surface area contributed by atoms with Crippen LogP contribution in [0.5, 0.6) is 11.5 Å². The molecule has 0 aromatic heterocycles. The molecule has 0 saturated carbocycles. The highest BCUT2D eigenvalue weighted by Gasteiger charge is 2.36. The van der Waals surface area contributed by atoms with Gasteiger partial charge in [-0.25, -0.2) is 9.69 Å². The fourth-order valence-electron chi connectivity index (χ4n) is 3.40. The molecule has 0 atom stereocenters. The number of rotatable bonds is 8. The molecule has 1 aliphatic heterocycles. The van der Waals surface area contributed by atoms with E-state index in [0.29, 0.717) is 33.7 Å². The zero-order chi connectivity index (χ0) is 25.7. The zero-order valence-electron chi connectivity index (χ0n) is 18.9. The molecule has 182 valence electrons. The second-order valence-electron chi connectivity index (χ2n) is 7.65. The van der Waals surface area contributed by atoms with Crippen LogP contribution in [0.4, 0.5) is 10.5 Å². The van der Waals surface area contributed by atoms with Gasteiger partial charge >= 0.3 is 6.03 Å². The van der Waals surface area contributed by atoms with Crippen molar-refractivity contribution in [3.05, 3.63) is 106 Å². The predicted molar refractivity (Wildman–Crippen MR) is 138 cm³/mol. The summed E-state index contributed by atoms with van der Waals surface area (Å²) in [5.74, 6) is -0.477. The molecule has 0 bridgehead atoms. The van der Waals surface area contributed by atoms with Crippen LogP contribution in [0.1, 0.15) is 11.1 Å². The lowest BCUT2D eigenvalue weighted by molar-refractivity contribution is -0.122. The maximum absolute atomic E-state index is 13.1. The summed E-state index contributed by atoms with van der Waals surface area (Å²) >= 11 is 12.1. The minimum Gasteiger partial charge on any atom is -0.490 e. The Morgan fingerprint density at radius 1 is 0.917 bits per heavy atom. The smallest absolute Gasteiger partial charge is 0.335 e. The number of urea groups is 1. The van der Waals surface area contributed by atoms with E-state index >= 15 is 0 Å². The van der Waals surface area contributed by atoms with Crippen molar-refractivity contribution in [3.63, 3.8) is 0 Å². The van der Waals surface area contributed by atoms with Crippen LogP contribution in [0.3, 0.4) is 0 Å². The Hall–Kier alpha value is -4.07. The summed E-state index contributed by atoms with van der Waals surface area (Å²) in [5, 5.41) is 3.22. The Labute approximate surface area is 217 Å². The van der Waals surface area contributed by atoms with Crippen LogP contribution in [-0.4, -0.2) is 24.5 Å². The highest BCUT2D eigenvalue weighted by Crippen LogP contribution is 2.27. The molecule has 4 amide bonds. The van der Waals surface area contributed by atoms with Crippen LogP contribution in [0.15, 0.2) is 85.0 Å². The van der Waals surface area contributed by atoms with Crippen LogP contribution >= 0.6 is 23.2 Å². The third kappa shape index (κ3) is 5.76. The van der Waals surface area contributed by atoms with Gasteiger partial charge in [-0.1, -0.05) is 54.1 Å². The number of barbiturate groups is 1. The van der Waals surface area contributed by atoms with Crippen LogP contribution < -0.4 is 19.7 Å². The molecule has 0 unspecified atom stereocenters. The average molecular weight is 523 g/mol. The predicted octanol–water partition coefficient (Wildman–Crippen LogP) is 5.80. The van der Waals surface area contributed by atoms with Crippen molar-refractivity contribution >= 4 is 52.8 Å². The van der Waals surface area contributed by atoms with Gasteiger partial charge in [-0.2, -0.15) is 0 Å². The zero-order valence-corrected chi connectivity index (χ0v) is 20.4. The Bertz CT molecular complexity index is 1370. The number of carbonyl (C=O) groups is 3. The van der Waals surface area contributed by atoms with Gasteiger partial charge in [0.15, 0.2) is 0 Å². The number of amides is 4. The van der Waals surface area contributed by atoms with Crippen LogP contribution in [0, 0.1) is 0 Å². The molecule has 36 heavy (non-hydrogen) atoms. The van der Waals surface area contributed by atoms with Gasteiger partial charge in [0.05, 0.1) is 5.69 Å². The minimum atomic E-state index is -0.841. The van der Waals surface area contributed by atoms with Crippen LogP contribution in [0.2, 0.25) is 10.0 Å². The van der Waals surface area contributed by atoms with Gasteiger partial charge in [0, 0.05) is 15.6 Å². The molecular formula is C27H20Cl2N2O5. The molecule has 0 radical (unpaired) electrons. The Morgan fingerprint density at radius 3 is 2.42 bits per heavy atom. The number of anilines is 1. The topological polar surface area (TPSA) is 84.9 Å². The Kier molecular flexibility index (Phi) is 7.73. The van der Waals surface area contributed by atoms with E-state index in [9.17, 15) is 14.4 Å². The van der Waals surface area contributed by atoms with Crippen molar-refractivity contribution in [3.8, 4) is 11.5 Å². The SMILES string of the molecule is C=CCOc1cccc(/C=C2/C(=O)NC(=O)N(c3ccc(OCc4ccc(Cl)cc4Cl)cc3)C2=O)c1. The van der Waals surface area contributed by atoms with E-state index in [-0.39, 0.29) is 17.9 Å². The molecule has 4 rings (SSSR count). The number of nitrogens with zero attached hydrogens (tertiary/aromatic N) is 1. The molecule has 1 heterocycles. The molecule has 3 aromatic rings. The first-order valence-corrected chi connectivity index (χ1v) is 11.5. The van der Waals surface area contributed by atoms with Gasteiger partial charge in [0.1, 0.15) is 30.3 Å². The van der Waals surface area contributed by atoms with Crippen molar-refractivity contribution in [2.24, 2.45) is 0 Å². The van der Waals surface area contributed by atoms with Gasteiger partial charge < -0.3 is 9.47 Å². The van der Waals surface area contributed by atoms with Gasteiger partial charge in [-0.15, -0.1) is 0 Å². The molecule has 3 aromatic carbocycles. The molecule has 7 nitrogen and oxygen atoms in total. The van der Waals surface area contributed by atoms with E-state index in [4.69, 9.17) is 32.7 Å². The third-order valence-corrected chi connectivity index (χ3v) is 5.73. The number of hydrogen-bond donors (Lipinski definition) is 1. The summed E-state index contributed by atoms with van der Waals surface area (Å²) < 4.78 is 11.2. The second-order valence-corrected chi connectivity index (χ2v) is 8.49. The van der Waals surface area contributed by atoms with Gasteiger partial charge in [-0.3, -0.25) is 14.9 Å². The van der Waals surface area contributed by atoms with E-state index in [2.05, 4.69) is 11.9 Å². The maximum atomic E-state index is 13.1. The Morgan fingerprint density at radius 2 is 1.69 bits per heavy atom. The monoisotopic (exact) mass is 522 g/mol. The van der Waals surface area contributed by atoms with E-state index in [1.54, 1.807) is 72.8 Å². The van der Waals surface area contributed by atoms with Gasteiger partial charge in [0.2, 0.25) is 0 Å². The first kappa shape index (κ1) is 25.0. The van der Waals surface area contributed by atoms with Crippen molar-refractivity contribution in [1.29, 1.82) is 0 Å². The fourth-order valence-corrected chi connectivity index (χ4v) is 3.86. The lowest BCUT2D eigenvalue weighted by atomic mass is 10.1. The number of carbonyl (C=O) groups excluding carboxylic acids is 3. The summed E-state index contributed by atoms with van der Waals surface area (Å²) in [5.41, 5.74) is 1.40. The summed E-state index contributed by atoms with van der Waals surface area (Å²) in [6.45, 7) is 4.12. The van der Waals surface area contributed by atoms with Gasteiger partial charge in [0.25, 0.3) is 11.8 Å². The van der Waals surface area contributed by atoms with Crippen LogP contribution in [-0.2, 0) is 16.2 Å². The molecule has 1 aliphatic rings. The largest absolute Gasteiger partial charge is 0.490 e. The van der Waals surface area contributed by atoms with E-state index in [1.807, 2.05) is 0 Å². The molecule has 9 heteroatoms. The number of ether oxygens (including phenoxy) is 2. The highest BCUT2D eigenvalue weighted by molar-refractivity contribution is 6.39. The lowest BCUT2D eigenvalue weighted by Gasteiger charge is -2.26. The van der Waals surface area contributed by atoms with Crippen LogP contribution in [0.25, 0.3) is 6.08 Å². The summed E-state index contributed by atoms with van der Waals surface area (Å²) in [7, 11) is 0. The first-order chi connectivity index (χ1) is 17.4. The molecule has 1 saturated heterocycles. The summed E-state index contributed by atoms with van der Waals surface area (Å²) in [4.78, 5) is 39.0. The third-order valence-electron chi connectivity index (χ3n) is 5.14. The highest BCUT2D eigenvalue weighted by atomic mass is 35.5. The second kappa shape index (κ2) is 11.1. The number of halogens is 2. The number of nitrogens with one attached hydrogen (secondary N) is 1.